The fourth-order valence-corrected chi connectivity index (χ4v) is 4.42. The van der Waals surface area contributed by atoms with Crippen LogP contribution < -0.4 is 5.73 Å². The molecule has 7 heteroatoms. The van der Waals surface area contributed by atoms with Crippen LogP contribution in [0.1, 0.15) is 73.7 Å². The summed E-state index contributed by atoms with van der Waals surface area (Å²) >= 11 is 0. The molecule has 0 atom stereocenters. The maximum absolute atomic E-state index is 5.98. The SMILES string of the molecule is NC1CC(c2nnc(CN3CCC(c4ccn[nH]4)CC3)n2C2CC2)C1. The Balaban J connectivity index is 1.26. The highest BCUT2D eigenvalue weighted by molar-refractivity contribution is 5.12. The first-order valence-electron chi connectivity index (χ1n) is 9.69. The molecule has 3 N–H and O–H groups in total. The van der Waals surface area contributed by atoms with Crippen LogP contribution in [-0.4, -0.2) is 49.0 Å². The highest BCUT2D eigenvalue weighted by Crippen LogP contribution is 2.42. The zero-order valence-electron chi connectivity index (χ0n) is 14.6. The fourth-order valence-electron chi connectivity index (χ4n) is 4.42. The van der Waals surface area contributed by atoms with Gasteiger partial charge in [0.15, 0.2) is 0 Å². The van der Waals surface area contributed by atoms with E-state index >= 15 is 0 Å². The maximum Gasteiger partial charge on any atom is 0.147 e. The lowest BCUT2D eigenvalue weighted by Gasteiger charge is -2.33. The quantitative estimate of drug-likeness (QED) is 0.867. The van der Waals surface area contributed by atoms with Gasteiger partial charge in [0.1, 0.15) is 11.6 Å². The zero-order valence-corrected chi connectivity index (χ0v) is 14.6. The van der Waals surface area contributed by atoms with Crippen molar-refractivity contribution in [3.8, 4) is 0 Å². The summed E-state index contributed by atoms with van der Waals surface area (Å²) in [4.78, 5) is 2.53. The van der Waals surface area contributed by atoms with Crippen LogP contribution in [0.5, 0.6) is 0 Å². The number of H-pyrrole nitrogens is 1. The summed E-state index contributed by atoms with van der Waals surface area (Å²) in [5, 5.41) is 16.4. The highest BCUT2D eigenvalue weighted by atomic mass is 15.3. The topological polar surface area (TPSA) is 88.7 Å². The highest BCUT2D eigenvalue weighted by Gasteiger charge is 2.37. The molecule has 134 valence electrons. The van der Waals surface area contributed by atoms with E-state index in [1.165, 1.54) is 37.2 Å². The van der Waals surface area contributed by atoms with Crippen molar-refractivity contribution < 1.29 is 0 Å². The fraction of sp³-hybridized carbons (Fsp3) is 0.722. The summed E-state index contributed by atoms with van der Waals surface area (Å²) in [5.41, 5.74) is 7.27. The monoisotopic (exact) mass is 341 g/mol. The van der Waals surface area contributed by atoms with E-state index in [-0.39, 0.29) is 0 Å². The van der Waals surface area contributed by atoms with Crippen LogP contribution in [0.15, 0.2) is 12.3 Å². The molecular formula is C18H27N7. The van der Waals surface area contributed by atoms with Crippen LogP contribution in [-0.2, 0) is 6.54 Å². The number of rotatable bonds is 5. The number of hydrogen-bond donors (Lipinski definition) is 2. The van der Waals surface area contributed by atoms with Crippen LogP contribution in [0.4, 0.5) is 0 Å². The van der Waals surface area contributed by atoms with Gasteiger partial charge in [0.05, 0.1) is 6.54 Å². The number of aromatic amines is 1. The molecule has 2 aromatic heterocycles. The third kappa shape index (κ3) is 3.00. The van der Waals surface area contributed by atoms with Gasteiger partial charge < -0.3 is 10.3 Å². The number of nitrogens with one attached hydrogen (secondary N) is 1. The first kappa shape index (κ1) is 15.5. The largest absolute Gasteiger partial charge is 0.328 e. The minimum absolute atomic E-state index is 0.360. The predicted molar refractivity (Wildman–Crippen MR) is 94.1 cm³/mol. The lowest BCUT2D eigenvalue weighted by atomic mass is 9.80. The van der Waals surface area contributed by atoms with Crippen molar-refractivity contribution in [3.63, 3.8) is 0 Å². The van der Waals surface area contributed by atoms with Crippen LogP contribution in [0.3, 0.4) is 0 Å². The van der Waals surface area contributed by atoms with Crippen LogP contribution in [0.2, 0.25) is 0 Å². The number of hydrogen-bond acceptors (Lipinski definition) is 5. The summed E-state index contributed by atoms with van der Waals surface area (Å²) in [5.74, 6) is 3.51. The molecule has 1 saturated heterocycles. The number of likely N-dealkylation sites (tertiary alicyclic amines) is 1. The lowest BCUT2D eigenvalue weighted by Crippen LogP contribution is -2.36. The van der Waals surface area contributed by atoms with E-state index in [9.17, 15) is 0 Å². The van der Waals surface area contributed by atoms with Gasteiger partial charge in [-0.25, -0.2) is 0 Å². The Labute approximate surface area is 148 Å². The Morgan fingerprint density at radius 1 is 1.08 bits per heavy atom. The molecule has 0 radical (unpaired) electrons. The minimum atomic E-state index is 0.360. The van der Waals surface area contributed by atoms with Crippen LogP contribution in [0.25, 0.3) is 0 Å². The molecule has 2 aliphatic carbocycles. The van der Waals surface area contributed by atoms with E-state index in [0.29, 0.717) is 23.9 Å². The van der Waals surface area contributed by atoms with Gasteiger partial charge in [-0.2, -0.15) is 5.10 Å². The van der Waals surface area contributed by atoms with Gasteiger partial charge in [-0.3, -0.25) is 10.00 Å². The summed E-state index contributed by atoms with van der Waals surface area (Å²) in [6.45, 7) is 3.16. The van der Waals surface area contributed by atoms with E-state index in [4.69, 9.17) is 5.73 Å². The first-order valence-corrected chi connectivity index (χ1v) is 9.69. The number of aromatic nitrogens is 5. The average molecular weight is 341 g/mol. The summed E-state index contributed by atoms with van der Waals surface area (Å²) < 4.78 is 2.46. The summed E-state index contributed by atoms with van der Waals surface area (Å²) in [6, 6.07) is 3.11. The van der Waals surface area contributed by atoms with Gasteiger partial charge in [-0.05, 0) is 57.7 Å². The first-order chi connectivity index (χ1) is 12.3. The number of nitrogens with two attached hydrogens (primary N) is 1. The molecule has 5 rings (SSSR count). The Morgan fingerprint density at radius 3 is 2.52 bits per heavy atom. The van der Waals surface area contributed by atoms with E-state index in [1.807, 2.05) is 6.20 Å². The molecule has 3 aliphatic rings. The minimum Gasteiger partial charge on any atom is -0.328 e. The molecule has 1 aliphatic heterocycles. The van der Waals surface area contributed by atoms with Crippen molar-refractivity contribution in [1.82, 2.24) is 29.9 Å². The molecular weight excluding hydrogens is 314 g/mol. The zero-order chi connectivity index (χ0) is 16.8. The summed E-state index contributed by atoms with van der Waals surface area (Å²) in [6.07, 6.45) is 8.92. The maximum atomic E-state index is 5.98. The number of piperidine rings is 1. The third-order valence-electron chi connectivity index (χ3n) is 6.16. The van der Waals surface area contributed by atoms with Crippen molar-refractivity contribution in [2.24, 2.45) is 5.73 Å². The van der Waals surface area contributed by atoms with Gasteiger partial charge in [0.2, 0.25) is 0 Å². The van der Waals surface area contributed by atoms with Gasteiger partial charge in [0, 0.05) is 35.8 Å². The van der Waals surface area contributed by atoms with Gasteiger partial charge in [-0.15, -0.1) is 10.2 Å². The lowest BCUT2D eigenvalue weighted by molar-refractivity contribution is 0.196. The van der Waals surface area contributed by atoms with Gasteiger partial charge in [-0.1, -0.05) is 0 Å². The molecule has 2 saturated carbocycles. The van der Waals surface area contributed by atoms with E-state index in [1.54, 1.807) is 0 Å². The second kappa shape index (κ2) is 6.21. The van der Waals surface area contributed by atoms with Gasteiger partial charge >= 0.3 is 0 Å². The van der Waals surface area contributed by atoms with Crippen molar-refractivity contribution in [1.29, 1.82) is 0 Å². The van der Waals surface area contributed by atoms with Crippen LogP contribution in [0, 0.1) is 0 Å². The second-order valence-corrected chi connectivity index (χ2v) is 8.07. The third-order valence-corrected chi connectivity index (χ3v) is 6.16. The average Bonchev–Trinajstić information content (AvgIpc) is 3.13. The molecule has 0 amide bonds. The van der Waals surface area contributed by atoms with Crippen molar-refractivity contribution >= 4 is 0 Å². The molecule has 2 aromatic rings. The van der Waals surface area contributed by atoms with Crippen molar-refractivity contribution in [2.45, 2.75) is 69.0 Å². The Bertz CT molecular complexity index is 704. The van der Waals surface area contributed by atoms with E-state index in [2.05, 4.69) is 35.9 Å². The van der Waals surface area contributed by atoms with E-state index in [0.717, 1.165) is 38.3 Å². The summed E-state index contributed by atoms with van der Waals surface area (Å²) in [7, 11) is 0. The van der Waals surface area contributed by atoms with Crippen molar-refractivity contribution in [3.05, 3.63) is 29.6 Å². The Morgan fingerprint density at radius 2 is 1.88 bits per heavy atom. The van der Waals surface area contributed by atoms with E-state index < -0.39 is 0 Å². The second-order valence-electron chi connectivity index (χ2n) is 8.07. The predicted octanol–water partition coefficient (Wildman–Crippen LogP) is 1.92. The van der Waals surface area contributed by atoms with Crippen molar-refractivity contribution in [2.75, 3.05) is 13.1 Å². The normalized spacial score (nSPS) is 28.2. The smallest absolute Gasteiger partial charge is 0.147 e. The molecule has 0 aromatic carbocycles. The molecule has 3 heterocycles. The molecule has 25 heavy (non-hydrogen) atoms. The Hall–Kier alpha value is -1.73. The molecule has 3 fully saturated rings. The standard InChI is InChI=1S/C18H27N7/c19-14-9-13(10-14)18-23-22-17(25(18)15-1-2-15)11-24-7-4-12(5-8-24)16-3-6-20-21-16/h3,6,12-15H,1-2,4-5,7-11,19H2,(H,20,21). The Kier molecular flexibility index (Phi) is 3.86. The molecule has 0 spiro atoms. The number of nitrogens with zero attached hydrogens (tertiary/aromatic N) is 5. The molecule has 0 bridgehead atoms. The molecule has 0 unspecified atom stereocenters. The van der Waals surface area contributed by atoms with Gasteiger partial charge in [0.25, 0.3) is 0 Å². The molecule has 7 nitrogen and oxygen atoms in total. The van der Waals surface area contributed by atoms with Crippen LogP contribution >= 0.6 is 0 Å².